The van der Waals surface area contributed by atoms with Crippen LogP contribution in [-0.4, -0.2) is 65.3 Å². The van der Waals surface area contributed by atoms with Crippen LogP contribution >= 0.6 is 11.9 Å². The summed E-state index contributed by atoms with van der Waals surface area (Å²) in [4.78, 5) is 29.0. The first kappa shape index (κ1) is 18.8. The second-order valence-electron chi connectivity index (χ2n) is 6.56. The minimum atomic E-state index is -0.208. The molecule has 0 spiro atoms. The van der Waals surface area contributed by atoms with Gasteiger partial charge < -0.3 is 15.1 Å². The molecule has 1 aromatic rings. The molecule has 0 aliphatic carbocycles. The maximum absolute atomic E-state index is 12.6. The Morgan fingerprint density at radius 3 is 2.15 bits per heavy atom. The molecule has 0 bridgehead atoms. The number of hydrogen-bond acceptors (Lipinski definition) is 4. The first-order valence-corrected chi connectivity index (χ1v) is 9.93. The van der Waals surface area contributed by atoms with Crippen molar-refractivity contribution in [1.82, 2.24) is 14.1 Å². The van der Waals surface area contributed by atoms with Gasteiger partial charge in [0.25, 0.3) is 0 Å². The molecule has 2 heterocycles. The molecular weight excluding hydrogens is 348 g/mol. The summed E-state index contributed by atoms with van der Waals surface area (Å²) in [5, 5.41) is 2.74. The zero-order valence-electron chi connectivity index (χ0n) is 15.0. The predicted octanol–water partition coefficient (Wildman–Crippen LogP) is 3.04. The van der Waals surface area contributed by atoms with Gasteiger partial charge in [-0.05, 0) is 61.6 Å². The Labute approximate surface area is 159 Å². The van der Waals surface area contributed by atoms with Crippen LogP contribution in [-0.2, 0) is 4.79 Å². The lowest BCUT2D eigenvalue weighted by atomic mass is 10.1. The number of carbonyl (C=O) groups excluding carboxylic acids is 2. The van der Waals surface area contributed by atoms with E-state index in [2.05, 4.69) is 16.2 Å². The van der Waals surface area contributed by atoms with E-state index in [1.807, 2.05) is 34.1 Å². The van der Waals surface area contributed by atoms with Crippen LogP contribution in [0.5, 0.6) is 0 Å². The van der Waals surface area contributed by atoms with E-state index in [9.17, 15) is 9.59 Å². The topological polar surface area (TPSA) is 55.9 Å². The third-order valence-electron chi connectivity index (χ3n) is 4.68. The smallest absolute Gasteiger partial charge is 0.320 e. The number of anilines is 1. The van der Waals surface area contributed by atoms with Gasteiger partial charge in [-0.1, -0.05) is 6.58 Å². The van der Waals surface area contributed by atoms with Crippen LogP contribution in [0.4, 0.5) is 10.5 Å². The Kier molecular flexibility index (Phi) is 6.57. The van der Waals surface area contributed by atoms with Crippen molar-refractivity contribution >= 4 is 29.6 Å². The number of benzene rings is 1. The number of carbonyl (C=O) groups is 2. The molecule has 2 aliphatic rings. The van der Waals surface area contributed by atoms with E-state index >= 15 is 0 Å². The number of nitrogens with one attached hydrogen (secondary N) is 1. The van der Waals surface area contributed by atoms with Crippen molar-refractivity contribution in [3.05, 3.63) is 36.9 Å². The zero-order valence-corrected chi connectivity index (χ0v) is 15.8. The van der Waals surface area contributed by atoms with Crippen molar-refractivity contribution in [3.8, 4) is 0 Å². The van der Waals surface area contributed by atoms with Crippen molar-refractivity contribution < 1.29 is 9.59 Å². The van der Waals surface area contributed by atoms with E-state index < -0.39 is 0 Å². The lowest BCUT2D eigenvalue weighted by molar-refractivity contribution is -0.111. The summed E-state index contributed by atoms with van der Waals surface area (Å²) in [6.07, 6.45) is 4.76. The van der Waals surface area contributed by atoms with Crippen LogP contribution in [0.1, 0.15) is 19.3 Å². The van der Waals surface area contributed by atoms with Gasteiger partial charge in [0, 0.05) is 49.9 Å². The fourth-order valence-electron chi connectivity index (χ4n) is 3.20. The van der Waals surface area contributed by atoms with Crippen LogP contribution in [0.25, 0.3) is 0 Å². The number of rotatable bonds is 4. The molecule has 2 aliphatic heterocycles. The second-order valence-corrected chi connectivity index (χ2v) is 7.73. The molecule has 3 amide bonds. The summed E-state index contributed by atoms with van der Waals surface area (Å²) in [5.74, 6) is -0.208. The Morgan fingerprint density at radius 2 is 1.54 bits per heavy atom. The van der Waals surface area contributed by atoms with Crippen LogP contribution in [0.3, 0.4) is 0 Å². The lowest BCUT2D eigenvalue weighted by Gasteiger charge is -2.38. The highest BCUT2D eigenvalue weighted by Gasteiger charge is 2.26. The van der Waals surface area contributed by atoms with E-state index in [0.717, 1.165) is 62.7 Å². The molecule has 6 nitrogen and oxygen atoms in total. The summed E-state index contributed by atoms with van der Waals surface area (Å²) in [5.41, 5.74) is 0.760. The van der Waals surface area contributed by atoms with Crippen molar-refractivity contribution in [2.45, 2.75) is 24.2 Å². The van der Waals surface area contributed by atoms with Gasteiger partial charge in [0.2, 0.25) is 5.91 Å². The van der Waals surface area contributed by atoms with Crippen molar-refractivity contribution in [1.29, 1.82) is 0 Å². The largest absolute Gasteiger partial charge is 0.325 e. The predicted molar refractivity (Wildman–Crippen MR) is 105 cm³/mol. The van der Waals surface area contributed by atoms with E-state index in [4.69, 9.17) is 0 Å². The zero-order chi connectivity index (χ0) is 18.4. The summed E-state index contributed by atoms with van der Waals surface area (Å²) < 4.78 is 2.29. The molecule has 140 valence electrons. The highest BCUT2D eigenvalue weighted by molar-refractivity contribution is 7.97. The first-order valence-electron chi connectivity index (χ1n) is 9.16. The van der Waals surface area contributed by atoms with Gasteiger partial charge in [0.05, 0.1) is 0 Å². The molecule has 3 rings (SSSR count). The van der Waals surface area contributed by atoms with E-state index in [-0.39, 0.29) is 11.9 Å². The number of urea groups is 1. The minimum absolute atomic E-state index is 0.205. The van der Waals surface area contributed by atoms with Gasteiger partial charge in [-0.3, -0.25) is 4.79 Å². The minimum Gasteiger partial charge on any atom is -0.325 e. The van der Waals surface area contributed by atoms with E-state index in [1.165, 1.54) is 12.5 Å². The van der Waals surface area contributed by atoms with Gasteiger partial charge in [-0.15, -0.1) is 0 Å². The fourth-order valence-corrected chi connectivity index (χ4v) is 4.10. The fraction of sp³-hybridized carbons (Fsp3) is 0.474. The van der Waals surface area contributed by atoms with Crippen LogP contribution < -0.4 is 5.32 Å². The average molecular weight is 375 g/mol. The lowest BCUT2D eigenvalue weighted by Crippen LogP contribution is -2.52. The Balaban J connectivity index is 1.45. The quantitative estimate of drug-likeness (QED) is 0.650. The molecule has 1 N–H and O–H groups in total. The van der Waals surface area contributed by atoms with Crippen molar-refractivity contribution in [2.24, 2.45) is 0 Å². The molecule has 7 heteroatoms. The SMILES string of the molecule is C=CC(=O)Nc1ccc(SN2CCN(C(=O)N3CCCCC3)CC2)cc1. The van der Waals surface area contributed by atoms with Gasteiger partial charge in [0.1, 0.15) is 0 Å². The van der Waals surface area contributed by atoms with Crippen LogP contribution in [0, 0.1) is 0 Å². The molecule has 0 atom stereocenters. The van der Waals surface area contributed by atoms with E-state index in [0.29, 0.717) is 0 Å². The standard InChI is InChI=1S/C19H26N4O2S/c1-2-18(24)20-16-6-8-17(9-7-16)26-23-14-12-22(13-15-23)19(25)21-10-4-3-5-11-21/h2,6-9H,1,3-5,10-15H2,(H,20,24). The monoisotopic (exact) mass is 374 g/mol. The van der Waals surface area contributed by atoms with Crippen LogP contribution in [0.2, 0.25) is 0 Å². The van der Waals surface area contributed by atoms with Gasteiger partial charge in [-0.2, -0.15) is 0 Å². The molecule has 0 aromatic heterocycles. The highest BCUT2D eigenvalue weighted by Crippen LogP contribution is 2.25. The molecule has 0 radical (unpaired) electrons. The van der Waals surface area contributed by atoms with Crippen molar-refractivity contribution in [2.75, 3.05) is 44.6 Å². The summed E-state index contributed by atoms with van der Waals surface area (Å²) in [7, 11) is 0. The number of piperidine rings is 1. The Bertz CT molecular complexity index is 635. The maximum Gasteiger partial charge on any atom is 0.320 e. The maximum atomic E-state index is 12.6. The first-order chi connectivity index (χ1) is 12.7. The number of likely N-dealkylation sites (tertiary alicyclic amines) is 1. The molecule has 0 saturated carbocycles. The van der Waals surface area contributed by atoms with Crippen LogP contribution in [0.15, 0.2) is 41.8 Å². The third-order valence-corrected chi connectivity index (χ3v) is 5.78. The molecule has 2 fully saturated rings. The summed E-state index contributed by atoms with van der Waals surface area (Å²) >= 11 is 1.70. The molecule has 2 saturated heterocycles. The van der Waals surface area contributed by atoms with Gasteiger partial charge >= 0.3 is 6.03 Å². The molecule has 26 heavy (non-hydrogen) atoms. The Hall–Kier alpha value is -1.99. The summed E-state index contributed by atoms with van der Waals surface area (Å²) in [6, 6.07) is 7.97. The van der Waals surface area contributed by atoms with Gasteiger partial charge in [-0.25, -0.2) is 9.10 Å². The number of nitrogens with zero attached hydrogens (tertiary/aromatic N) is 3. The third kappa shape index (κ3) is 5.02. The Morgan fingerprint density at radius 1 is 0.923 bits per heavy atom. The molecule has 1 aromatic carbocycles. The van der Waals surface area contributed by atoms with Crippen molar-refractivity contribution in [3.63, 3.8) is 0 Å². The molecular formula is C19H26N4O2S. The van der Waals surface area contributed by atoms with E-state index in [1.54, 1.807) is 11.9 Å². The average Bonchev–Trinajstić information content (AvgIpc) is 2.70. The number of hydrogen-bond donors (Lipinski definition) is 1. The highest BCUT2D eigenvalue weighted by atomic mass is 32.2. The number of amides is 3. The van der Waals surface area contributed by atoms with Gasteiger partial charge in [0.15, 0.2) is 0 Å². The number of piperazine rings is 1. The summed E-state index contributed by atoms with van der Waals surface area (Å²) in [6.45, 7) is 8.52. The molecule has 0 unspecified atom stereocenters. The second kappa shape index (κ2) is 9.09. The normalized spacial score (nSPS) is 18.5.